The second-order valence-electron chi connectivity index (χ2n) is 5.97. The molecule has 2 rings (SSSR count). The fraction of sp³-hybridized carbons (Fsp3) is 0.333. The molecule has 0 aliphatic carbocycles. The molecule has 0 spiro atoms. The average molecular weight is 323 g/mol. The van der Waals surface area contributed by atoms with Gasteiger partial charge in [0, 0.05) is 30.3 Å². The number of benzene rings is 2. The summed E-state index contributed by atoms with van der Waals surface area (Å²) in [7, 11) is 1.69. The van der Waals surface area contributed by atoms with Gasteiger partial charge in [-0.25, -0.2) is 0 Å². The Bertz CT molecular complexity index is 699. The summed E-state index contributed by atoms with van der Waals surface area (Å²) in [4.78, 5) is 2.40. The zero-order chi connectivity index (χ0) is 17.4. The molecule has 0 heterocycles. The molecule has 1 N–H and O–H groups in total. The molecule has 24 heavy (non-hydrogen) atoms. The van der Waals surface area contributed by atoms with Crippen LogP contribution in [0.15, 0.2) is 48.5 Å². The second kappa shape index (κ2) is 9.12. The molecular formula is C21H25NO2. The van der Waals surface area contributed by atoms with Crippen LogP contribution < -0.4 is 4.74 Å². The molecule has 3 nitrogen and oxygen atoms in total. The highest BCUT2D eigenvalue weighted by atomic mass is 16.5. The summed E-state index contributed by atoms with van der Waals surface area (Å²) in [6.45, 7) is 5.93. The van der Waals surface area contributed by atoms with E-state index in [1.165, 1.54) is 5.56 Å². The molecule has 3 heteroatoms. The van der Waals surface area contributed by atoms with E-state index in [1.807, 2.05) is 24.3 Å². The van der Waals surface area contributed by atoms with Crippen LogP contribution in [0.2, 0.25) is 0 Å². The number of ether oxygens (including phenoxy) is 1. The van der Waals surface area contributed by atoms with Crippen LogP contribution in [0.5, 0.6) is 5.75 Å². The predicted octanol–water partition coefficient (Wildman–Crippen LogP) is 3.45. The lowest BCUT2D eigenvalue weighted by atomic mass is 10.1. The minimum Gasteiger partial charge on any atom is -0.496 e. The minimum absolute atomic E-state index is 0.131. The van der Waals surface area contributed by atoms with E-state index in [9.17, 15) is 0 Å². The van der Waals surface area contributed by atoms with E-state index in [0.29, 0.717) is 6.04 Å². The number of nitrogens with zero attached hydrogens (tertiary/aromatic N) is 1. The van der Waals surface area contributed by atoms with Gasteiger partial charge in [0.25, 0.3) is 0 Å². The second-order valence-corrected chi connectivity index (χ2v) is 5.97. The third-order valence-electron chi connectivity index (χ3n) is 3.92. The van der Waals surface area contributed by atoms with E-state index in [4.69, 9.17) is 9.84 Å². The van der Waals surface area contributed by atoms with Gasteiger partial charge in [-0.05, 0) is 37.6 Å². The van der Waals surface area contributed by atoms with Crippen LogP contribution in [0, 0.1) is 11.8 Å². The van der Waals surface area contributed by atoms with Crippen molar-refractivity contribution in [2.75, 3.05) is 13.7 Å². The van der Waals surface area contributed by atoms with E-state index in [-0.39, 0.29) is 6.61 Å². The van der Waals surface area contributed by atoms with E-state index in [2.05, 4.69) is 54.9 Å². The first kappa shape index (κ1) is 18.1. The number of aliphatic hydroxyl groups excluding tert-OH is 1. The van der Waals surface area contributed by atoms with Gasteiger partial charge in [-0.15, -0.1) is 0 Å². The molecule has 0 atom stereocenters. The highest BCUT2D eigenvalue weighted by molar-refractivity contribution is 5.44. The molecule has 2 aromatic rings. The Hall–Kier alpha value is -2.28. The molecule has 0 saturated carbocycles. The summed E-state index contributed by atoms with van der Waals surface area (Å²) in [5.74, 6) is 6.52. The zero-order valence-corrected chi connectivity index (χ0v) is 14.6. The van der Waals surface area contributed by atoms with Crippen LogP contribution in [0.4, 0.5) is 0 Å². The summed E-state index contributed by atoms with van der Waals surface area (Å²) >= 11 is 0. The molecule has 0 bridgehead atoms. The largest absolute Gasteiger partial charge is 0.496 e. The maximum absolute atomic E-state index is 8.87. The SMILES string of the molecule is COc1ccc(C#CCO)cc1CN(Cc1ccccc1)C(C)C. The van der Waals surface area contributed by atoms with Gasteiger partial charge in [0.15, 0.2) is 0 Å². The lowest BCUT2D eigenvalue weighted by Gasteiger charge is -2.27. The first-order valence-corrected chi connectivity index (χ1v) is 8.18. The molecule has 0 unspecified atom stereocenters. The molecule has 0 amide bonds. The van der Waals surface area contributed by atoms with Crippen molar-refractivity contribution in [1.29, 1.82) is 0 Å². The van der Waals surface area contributed by atoms with Crippen LogP contribution in [-0.2, 0) is 13.1 Å². The Morgan fingerprint density at radius 3 is 2.46 bits per heavy atom. The van der Waals surface area contributed by atoms with Crippen molar-refractivity contribution in [2.24, 2.45) is 0 Å². The Labute approximate surface area is 144 Å². The van der Waals surface area contributed by atoms with Crippen molar-refractivity contribution in [3.8, 4) is 17.6 Å². The van der Waals surface area contributed by atoms with Crippen LogP contribution in [-0.4, -0.2) is 29.8 Å². The number of hydrogen-bond donors (Lipinski definition) is 1. The lowest BCUT2D eigenvalue weighted by molar-refractivity contribution is 0.201. The molecule has 126 valence electrons. The molecule has 2 aromatic carbocycles. The number of rotatable bonds is 6. The van der Waals surface area contributed by atoms with Crippen LogP contribution in [0.1, 0.15) is 30.5 Å². The first-order chi connectivity index (χ1) is 11.6. The van der Waals surface area contributed by atoms with Gasteiger partial charge in [-0.2, -0.15) is 0 Å². The van der Waals surface area contributed by atoms with Gasteiger partial charge in [-0.3, -0.25) is 4.90 Å². The van der Waals surface area contributed by atoms with Gasteiger partial charge in [-0.1, -0.05) is 42.2 Å². The average Bonchev–Trinajstić information content (AvgIpc) is 2.60. The van der Waals surface area contributed by atoms with Gasteiger partial charge in [0.2, 0.25) is 0 Å². The quantitative estimate of drug-likeness (QED) is 0.827. The van der Waals surface area contributed by atoms with E-state index in [1.54, 1.807) is 7.11 Å². The van der Waals surface area contributed by atoms with Gasteiger partial charge < -0.3 is 9.84 Å². The molecule has 0 radical (unpaired) electrons. The first-order valence-electron chi connectivity index (χ1n) is 8.18. The maximum Gasteiger partial charge on any atom is 0.123 e. The molecule has 0 aliphatic rings. The van der Waals surface area contributed by atoms with Gasteiger partial charge in [0.05, 0.1) is 7.11 Å². The minimum atomic E-state index is -0.131. The van der Waals surface area contributed by atoms with Crippen LogP contribution in [0.25, 0.3) is 0 Å². The Morgan fingerprint density at radius 2 is 1.83 bits per heavy atom. The Morgan fingerprint density at radius 1 is 1.08 bits per heavy atom. The van der Waals surface area contributed by atoms with Crippen molar-refractivity contribution in [1.82, 2.24) is 4.90 Å². The molecule has 0 aromatic heterocycles. The summed E-state index contributed by atoms with van der Waals surface area (Å²) in [5.41, 5.74) is 3.29. The summed E-state index contributed by atoms with van der Waals surface area (Å²) in [6, 6.07) is 16.8. The molecular weight excluding hydrogens is 298 g/mol. The lowest BCUT2D eigenvalue weighted by Crippen LogP contribution is -2.30. The summed E-state index contributed by atoms with van der Waals surface area (Å²) in [5, 5.41) is 8.87. The van der Waals surface area contributed by atoms with Crippen molar-refractivity contribution in [3.05, 3.63) is 65.2 Å². The number of hydrogen-bond acceptors (Lipinski definition) is 3. The van der Waals surface area contributed by atoms with E-state index < -0.39 is 0 Å². The standard InChI is InChI=1S/C21H25NO2/c1-17(2)22(15-19-8-5-4-6-9-19)16-20-14-18(10-7-13-23)11-12-21(20)24-3/h4-6,8-9,11-12,14,17,23H,13,15-16H2,1-3H3. The molecule has 0 aliphatic heterocycles. The topological polar surface area (TPSA) is 32.7 Å². The van der Waals surface area contributed by atoms with Crippen molar-refractivity contribution in [3.63, 3.8) is 0 Å². The van der Waals surface area contributed by atoms with E-state index >= 15 is 0 Å². The zero-order valence-electron chi connectivity index (χ0n) is 14.6. The normalized spacial score (nSPS) is 10.6. The fourth-order valence-electron chi connectivity index (χ4n) is 2.58. The van der Waals surface area contributed by atoms with Gasteiger partial charge >= 0.3 is 0 Å². The van der Waals surface area contributed by atoms with Crippen molar-refractivity contribution >= 4 is 0 Å². The van der Waals surface area contributed by atoms with Crippen LogP contribution in [0.3, 0.4) is 0 Å². The van der Waals surface area contributed by atoms with Crippen molar-refractivity contribution < 1.29 is 9.84 Å². The molecule has 0 fully saturated rings. The third kappa shape index (κ3) is 5.13. The van der Waals surface area contributed by atoms with Crippen LogP contribution >= 0.6 is 0 Å². The highest BCUT2D eigenvalue weighted by Gasteiger charge is 2.14. The monoisotopic (exact) mass is 323 g/mol. The Balaban J connectivity index is 2.24. The predicted molar refractivity (Wildman–Crippen MR) is 97.8 cm³/mol. The third-order valence-corrected chi connectivity index (χ3v) is 3.92. The smallest absolute Gasteiger partial charge is 0.123 e. The Kier molecular flexibility index (Phi) is 6.87. The summed E-state index contributed by atoms with van der Waals surface area (Å²) in [6.07, 6.45) is 0. The van der Waals surface area contributed by atoms with E-state index in [0.717, 1.165) is 30.0 Å². The summed E-state index contributed by atoms with van der Waals surface area (Å²) < 4.78 is 5.51. The van der Waals surface area contributed by atoms with Crippen molar-refractivity contribution in [2.45, 2.75) is 33.0 Å². The molecule has 0 saturated heterocycles. The number of aliphatic hydroxyl groups is 1. The van der Waals surface area contributed by atoms with Gasteiger partial charge in [0.1, 0.15) is 12.4 Å². The maximum atomic E-state index is 8.87. The highest BCUT2D eigenvalue weighted by Crippen LogP contribution is 2.23. The fourth-order valence-corrected chi connectivity index (χ4v) is 2.58. The number of methoxy groups -OCH3 is 1.